The van der Waals surface area contributed by atoms with Crippen molar-refractivity contribution in [2.75, 3.05) is 52.5 Å². The number of rotatable bonds is 7. The van der Waals surface area contributed by atoms with E-state index in [2.05, 4.69) is 22.5 Å². The van der Waals surface area contributed by atoms with Gasteiger partial charge in [-0.1, -0.05) is 17.7 Å². The van der Waals surface area contributed by atoms with E-state index in [1.165, 1.54) is 5.56 Å². The molecule has 1 aromatic carbocycles. The Balaban J connectivity index is 1.49. The second kappa shape index (κ2) is 9.61. The molecular formula is C16H25N3O2S. The van der Waals surface area contributed by atoms with Gasteiger partial charge in [-0.15, -0.1) is 0 Å². The lowest BCUT2D eigenvalue weighted by Crippen LogP contribution is -2.44. The first kappa shape index (κ1) is 17.0. The minimum absolute atomic E-state index is 0.592. The van der Waals surface area contributed by atoms with Gasteiger partial charge in [-0.2, -0.15) is 0 Å². The van der Waals surface area contributed by atoms with Crippen LogP contribution in [0.1, 0.15) is 5.56 Å². The van der Waals surface area contributed by atoms with Crippen LogP contribution in [-0.2, 0) is 4.74 Å². The predicted octanol–water partition coefficient (Wildman–Crippen LogP) is 1.17. The summed E-state index contributed by atoms with van der Waals surface area (Å²) in [6.45, 7) is 8.87. The molecule has 1 fully saturated rings. The van der Waals surface area contributed by atoms with E-state index in [-0.39, 0.29) is 0 Å². The lowest BCUT2D eigenvalue weighted by molar-refractivity contribution is 0.0389. The first-order chi connectivity index (χ1) is 10.7. The van der Waals surface area contributed by atoms with Crippen LogP contribution in [0.3, 0.4) is 0 Å². The van der Waals surface area contributed by atoms with E-state index >= 15 is 0 Å². The van der Waals surface area contributed by atoms with Crippen molar-refractivity contribution in [2.45, 2.75) is 6.92 Å². The maximum Gasteiger partial charge on any atom is 0.166 e. The van der Waals surface area contributed by atoms with Crippen molar-refractivity contribution in [2.24, 2.45) is 0 Å². The molecule has 0 spiro atoms. The average Bonchev–Trinajstić information content (AvgIpc) is 2.54. The molecule has 0 aromatic heterocycles. The highest BCUT2D eigenvalue weighted by Gasteiger charge is 2.09. The Labute approximate surface area is 138 Å². The van der Waals surface area contributed by atoms with Gasteiger partial charge >= 0.3 is 0 Å². The molecule has 0 amide bonds. The Morgan fingerprint density at radius 3 is 2.59 bits per heavy atom. The van der Waals surface area contributed by atoms with Crippen LogP contribution in [0, 0.1) is 6.92 Å². The number of morpholine rings is 1. The molecule has 2 rings (SSSR count). The minimum atomic E-state index is 0.592. The van der Waals surface area contributed by atoms with E-state index in [1.54, 1.807) is 0 Å². The average molecular weight is 323 g/mol. The number of benzene rings is 1. The molecule has 0 bridgehead atoms. The molecule has 5 nitrogen and oxygen atoms in total. The fourth-order valence-corrected chi connectivity index (χ4v) is 2.39. The molecule has 1 aliphatic rings. The summed E-state index contributed by atoms with van der Waals surface area (Å²) in [6, 6.07) is 8.05. The van der Waals surface area contributed by atoms with Crippen LogP contribution in [-0.4, -0.2) is 62.6 Å². The summed E-state index contributed by atoms with van der Waals surface area (Å²) in [5.74, 6) is 0.888. The van der Waals surface area contributed by atoms with Crippen LogP contribution in [0.5, 0.6) is 5.75 Å². The van der Waals surface area contributed by atoms with Crippen LogP contribution in [0.4, 0.5) is 0 Å². The Kier molecular flexibility index (Phi) is 7.42. The molecule has 1 aliphatic heterocycles. The summed E-state index contributed by atoms with van der Waals surface area (Å²) >= 11 is 5.25. The summed E-state index contributed by atoms with van der Waals surface area (Å²) in [4.78, 5) is 2.37. The molecule has 1 saturated heterocycles. The van der Waals surface area contributed by atoms with Gasteiger partial charge in [0.2, 0.25) is 0 Å². The highest BCUT2D eigenvalue weighted by Crippen LogP contribution is 2.10. The molecule has 1 aromatic rings. The van der Waals surface area contributed by atoms with Crippen molar-refractivity contribution in [3.8, 4) is 5.75 Å². The van der Waals surface area contributed by atoms with Gasteiger partial charge in [0.15, 0.2) is 5.11 Å². The number of nitrogens with zero attached hydrogens (tertiary/aromatic N) is 1. The zero-order valence-electron chi connectivity index (χ0n) is 13.1. The van der Waals surface area contributed by atoms with Crippen molar-refractivity contribution in [3.63, 3.8) is 0 Å². The van der Waals surface area contributed by atoms with Crippen molar-refractivity contribution < 1.29 is 9.47 Å². The molecule has 0 aliphatic carbocycles. The highest BCUT2D eigenvalue weighted by molar-refractivity contribution is 7.80. The molecule has 22 heavy (non-hydrogen) atoms. The molecule has 122 valence electrons. The molecule has 0 radical (unpaired) electrons. The van der Waals surface area contributed by atoms with Gasteiger partial charge in [-0.3, -0.25) is 4.90 Å². The molecule has 1 heterocycles. The van der Waals surface area contributed by atoms with Crippen LogP contribution < -0.4 is 15.4 Å². The summed E-state index contributed by atoms with van der Waals surface area (Å²) in [6.07, 6.45) is 0. The quantitative estimate of drug-likeness (QED) is 0.580. The second-order valence-electron chi connectivity index (χ2n) is 5.30. The van der Waals surface area contributed by atoms with Crippen molar-refractivity contribution in [3.05, 3.63) is 29.8 Å². The first-order valence-corrected chi connectivity index (χ1v) is 8.16. The third-order valence-corrected chi connectivity index (χ3v) is 3.78. The third-order valence-electron chi connectivity index (χ3n) is 3.49. The zero-order chi connectivity index (χ0) is 15.6. The second-order valence-corrected chi connectivity index (χ2v) is 5.71. The number of aryl methyl sites for hydroxylation is 1. The normalized spacial score (nSPS) is 15.3. The van der Waals surface area contributed by atoms with Gasteiger partial charge in [0.25, 0.3) is 0 Å². The Bertz CT molecular complexity index is 447. The fraction of sp³-hybridized carbons (Fsp3) is 0.562. The highest BCUT2D eigenvalue weighted by atomic mass is 32.1. The van der Waals surface area contributed by atoms with E-state index in [1.807, 2.05) is 24.3 Å². The van der Waals surface area contributed by atoms with E-state index in [0.29, 0.717) is 18.3 Å². The summed E-state index contributed by atoms with van der Waals surface area (Å²) in [5, 5.41) is 7.05. The summed E-state index contributed by atoms with van der Waals surface area (Å²) in [5.41, 5.74) is 1.23. The van der Waals surface area contributed by atoms with Crippen LogP contribution in [0.15, 0.2) is 24.3 Å². The maximum atomic E-state index is 5.64. The van der Waals surface area contributed by atoms with Crippen LogP contribution in [0.25, 0.3) is 0 Å². The van der Waals surface area contributed by atoms with E-state index in [0.717, 1.165) is 45.1 Å². The predicted molar refractivity (Wildman–Crippen MR) is 92.5 cm³/mol. The smallest absolute Gasteiger partial charge is 0.166 e. The molecule has 6 heteroatoms. The third kappa shape index (κ3) is 6.60. The first-order valence-electron chi connectivity index (χ1n) is 7.75. The largest absolute Gasteiger partial charge is 0.492 e. The van der Waals surface area contributed by atoms with Crippen molar-refractivity contribution in [1.29, 1.82) is 0 Å². The maximum absolute atomic E-state index is 5.64. The fourth-order valence-electron chi connectivity index (χ4n) is 2.18. The van der Waals surface area contributed by atoms with Gasteiger partial charge in [0.05, 0.1) is 19.8 Å². The monoisotopic (exact) mass is 323 g/mol. The van der Waals surface area contributed by atoms with E-state index < -0.39 is 0 Å². The summed E-state index contributed by atoms with van der Waals surface area (Å²) in [7, 11) is 0. The number of hydrogen-bond donors (Lipinski definition) is 2. The SMILES string of the molecule is Cc1ccc(OCCNC(=S)NCCN2CCOCC2)cc1. The van der Waals surface area contributed by atoms with Gasteiger partial charge in [-0.05, 0) is 31.3 Å². The van der Waals surface area contributed by atoms with Gasteiger partial charge < -0.3 is 20.1 Å². The molecule has 0 atom stereocenters. The topological polar surface area (TPSA) is 45.8 Å². The number of hydrogen-bond acceptors (Lipinski definition) is 4. The molecule has 0 saturated carbocycles. The Hall–Kier alpha value is -1.37. The van der Waals surface area contributed by atoms with Gasteiger partial charge in [0.1, 0.15) is 12.4 Å². The van der Waals surface area contributed by atoms with Gasteiger partial charge in [-0.25, -0.2) is 0 Å². The number of thiocarbonyl (C=S) groups is 1. The molecule has 0 unspecified atom stereocenters. The van der Waals surface area contributed by atoms with Gasteiger partial charge in [0, 0.05) is 26.2 Å². The van der Waals surface area contributed by atoms with Crippen LogP contribution >= 0.6 is 12.2 Å². The molecule has 2 N–H and O–H groups in total. The standard InChI is InChI=1S/C16H25N3O2S/c1-14-2-4-15(5-3-14)21-11-7-18-16(22)17-6-8-19-9-12-20-13-10-19/h2-5H,6-13H2,1H3,(H2,17,18,22). The lowest BCUT2D eigenvalue weighted by Gasteiger charge is -2.26. The molecular weight excluding hydrogens is 298 g/mol. The zero-order valence-corrected chi connectivity index (χ0v) is 14.0. The van der Waals surface area contributed by atoms with E-state index in [9.17, 15) is 0 Å². The lowest BCUT2D eigenvalue weighted by atomic mass is 10.2. The number of ether oxygens (including phenoxy) is 2. The van der Waals surface area contributed by atoms with Crippen molar-refractivity contribution in [1.82, 2.24) is 15.5 Å². The summed E-state index contributed by atoms with van der Waals surface area (Å²) < 4.78 is 11.0. The number of nitrogens with one attached hydrogen (secondary N) is 2. The Morgan fingerprint density at radius 1 is 1.18 bits per heavy atom. The minimum Gasteiger partial charge on any atom is -0.492 e. The van der Waals surface area contributed by atoms with Crippen molar-refractivity contribution >= 4 is 17.3 Å². The Morgan fingerprint density at radius 2 is 1.86 bits per heavy atom. The van der Waals surface area contributed by atoms with Crippen LogP contribution in [0.2, 0.25) is 0 Å². The van der Waals surface area contributed by atoms with E-state index in [4.69, 9.17) is 21.7 Å².